The summed E-state index contributed by atoms with van der Waals surface area (Å²) >= 11 is 0. The Balaban J connectivity index is 1.67. The molecule has 27 heavy (non-hydrogen) atoms. The fourth-order valence-corrected chi connectivity index (χ4v) is 3.71. The van der Waals surface area contributed by atoms with E-state index in [1.165, 1.54) is 0 Å². The zero-order chi connectivity index (χ0) is 18.4. The van der Waals surface area contributed by atoms with Crippen molar-refractivity contribution < 1.29 is 19.1 Å². The molecule has 0 amide bonds. The first-order chi connectivity index (χ1) is 13.2. The summed E-state index contributed by atoms with van der Waals surface area (Å²) in [7, 11) is 0. The Hall–Kier alpha value is -3.60. The highest BCUT2D eigenvalue weighted by Crippen LogP contribution is 2.42. The Morgan fingerprint density at radius 2 is 1.37 bits per heavy atom. The van der Waals surface area contributed by atoms with Gasteiger partial charge in [-0.3, -0.25) is 9.59 Å². The van der Waals surface area contributed by atoms with Crippen molar-refractivity contribution >= 4 is 17.3 Å². The zero-order valence-corrected chi connectivity index (χ0v) is 14.3. The first-order valence-corrected chi connectivity index (χ1v) is 8.62. The van der Waals surface area contributed by atoms with Crippen LogP contribution in [0.1, 0.15) is 26.3 Å². The summed E-state index contributed by atoms with van der Waals surface area (Å²) in [4.78, 5) is 26.9. The van der Waals surface area contributed by atoms with Gasteiger partial charge in [-0.2, -0.15) is 0 Å². The van der Waals surface area contributed by atoms with E-state index < -0.39 is 5.54 Å². The van der Waals surface area contributed by atoms with E-state index >= 15 is 0 Å². The van der Waals surface area contributed by atoms with Gasteiger partial charge in [0.15, 0.2) is 17.0 Å². The molecule has 0 fully saturated rings. The number of ether oxygens (including phenoxy) is 2. The second-order valence-corrected chi connectivity index (χ2v) is 6.51. The molecule has 0 saturated carbocycles. The summed E-state index contributed by atoms with van der Waals surface area (Å²) in [6, 6.07) is 21.3. The Bertz CT molecular complexity index is 1040. The van der Waals surface area contributed by atoms with Crippen LogP contribution < -0.4 is 14.8 Å². The maximum absolute atomic E-state index is 13.4. The van der Waals surface area contributed by atoms with E-state index in [1.807, 2.05) is 18.2 Å². The molecule has 1 aliphatic heterocycles. The molecule has 3 aromatic rings. The van der Waals surface area contributed by atoms with Gasteiger partial charge in [-0.15, -0.1) is 0 Å². The van der Waals surface area contributed by atoms with Crippen LogP contribution in [0.4, 0.5) is 5.69 Å². The molecule has 0 bridgehead atoms. The van der Waals surface area contributed by atoms with Crippen LogP contribution in [0.3, 0.4) is 0 Å². The highest BCUT2D eigenvalue weighted by molar-refractivity contribution is 6.34. The summed E-state index contributed by atoms with van der Waals surface area (Å²) in [5.41, 5.74) is 0.573. The number of Topliss-reactive ketones (excluding diaryl/α,β-unsaturated/α-hetero) is 2. The van der Waals surface area contributed by atoms with E-state index in [9.17, 15) is 9.59 Å². The molecule has 0 saturated heterocycles. The van der Waals surface area contributed by atoms with Crippen molar-refractivity contribution in [1.82, 2.24) is 0 Å². The lowest BCUT2D eigenvalue weighted by Crippen LogP contribution is -2.46. The number of benzene rings is 3. The quantitative estimate of drug-likeness (QED) is 0.722. The van der Waals surface area contributed by atoms with Crippen molar-refractivity contribution in [3.05, 3.63) is 89.5 Å². The highest BCUT2D eigenvalue weighted by Gasteiger charge is 2.54. The van der Waals surface area contributed by atoms with E-state index in [0.29, 0.717) is 33.9 Å². The molecule has 1 heterocycles. The van der Waals surface area contributed by atoms with Crippen molar-refractivity contribution in [2.45, 2.75) is 5.54 Å². The van der Waals surface area contributed by atoms with Gasteiger partial charge >= 0.3 is 0 Å². The molecule has 1 N–H and O–H groups in total. The molecule has 5 nitrogen and oxygen atoms in total. The van der Waals surface area contributed by atoms with Crippen LogP contribution in [0, 0.1) is 0 Å². The Morgan fingerprint density at radius 3 is 2.07 bits per heavy atom. The van der Waals surface area contributed by atoms with Gasteiger partial charge in [-0.05, 0) is 17.7 Å². The first kappa shape index (κ1) is 15.6. The van der Waals surface area contributed by atoms with Crippen LogP contribution in [0.5, 0.6) is 11.5 Å². The normalized spacial score (nSPS) is 16.3. The molecular formula is C22H15NO4. The summed E-state index contributed by atoms with van der Waals surface area (Å²) in [5.74, 6) is 0.708. The molecule has 5 heteroatoms. The van der Waals surface area contributed by atoms with Crippen LogP contribution >= 0.6 is 0 Å². The predicted octanol–water partition coefficient (Wildman–Crippen LogP) is 3.80. The van der Waals surface area contributed by atoms with Gasteiger partial charge in [0.1, 0.15) is 0 Å². The highest BCUT2D eigenvalue weighted by atomic mass is 16.7. The molecule has 0 atom stereocenters. The van der Waals surface area contributed by atoms with Crippen LogP contribution in [-0.4, -0.2) is 18.4 Å². The van der Waals surface area contributed by atoms with Gasteiger partial charge in [0.25, 0.3) is 0 Å². The van der Waals surface area contributed by atoms with Crippen LogP contribution in [0.2, 0.25) is 0 Å². The van der Waals surface area contributed by atoms with Crippen molar-refractivity contribution in [1.29, 1.82) is 0 Å². The molecule has 0 unspecified atom stereocenters. The fraction of sp³-hybridized carbons (Fsp3) is 0.0909. The molecular weight excluding hydrogens is 342 g/mol. The van der Waals surface area contributed by atoms with Gasteiger partial charge in [-0.25, -0.2) is 0 Å². The van der Waals surface area contributed by atoms with E-state index in [2.05, 4.69) is 5.32 Å². The number of carbonyl (C=O) groups is 2. The first-order valence-electron chi connectivity index (χ1n) is 8.62. The van der Waals surface area contributed by atoms with E-state index in [1.54, 1.807) is 54.6 Å². The minimum atomic E-state index is -1.50. The third-order valence-electron chi connectivity index (χ3n) is 5.01. The number of anilines is 1. The lowest BCUT2D eigenvalue weighted by atomic mass is 9.84. The standard InChI is InChI=1S/C22H15NO4/c24-20-16-8-4-5-9-17(16)21(25)22(20,14-6-2-1-3-7-14)23-15-10-11-18-19(12-15)27-13-26-18/h1-12,23H,13H2. The predicted molar refractivity (Wildman–Crippen MR) is 99.4 cm³/mol. The van der Waals surface area contributed by atoms with E-state index in [4.69, 9.17) is 9.47 Å². The number of rotatable bonds is 3. The lowest BCUT2D eigenvalue weighted by Gasteiger charge is -2.29. The molecule has 0 aromatic heterocycles. The maximum Gasteiger partial charge on any atom is 0.231 e. The monoisotopic (exact) mass is 357 g/mol. The van der Waals surface area contributed by atoms with Crippen LogP contribution in [0.15, 0.2) is 72.8 Å². The summed E-state index contributed by atoms with van der Waals surface area (Å²) in [6.07, 6.45) is 0. The van der Waals surface area contributed by atoms with Gasteiger partial charge in [-0.1, -0.05) is 54.6 Å². The second kappa shape index (κ2) is 5.71. The number of hydrogen-bond donors (Lipinski definition) is 1. The van der Waals surface area contributed by atoms with Crippen LogP contribution in [-0.2, 0) is 5.54 Å². The summed E-state index contributed by atoms with van der Waals surface area (Å²) in [6.45, 7) is 0.159. The minimum Gasteiger partial charge on any atom is -0.454 e. The smallest absolute Gasteiger partial charge is 0.231 e. The van der Waals surface area contributed by atoms with Crippen LogP contribution in [0.25, 0.3) is 0 Å². The second-order valence-electron chi connectivity index (χ2n) is 6.51. The van der Waals surface area contributed by atoms with Crippen molar-refractivity contribution in [3.8, 4) is 11.5 Å². The van der Waals surface area contributed by atoms with Gasteiger partial charge < -0.3 is 14.8 Å². The summed E-state index contributed by atoms with van der Waals surface area (Å²) < 4.78 is 10.8. The van der Waals surface area contributed by atoms with Gasteiger partial charge in [0.2, 0.25) is 18.4 Å². The van der Waals surface area contributed by atoms with E-state index in [-0.39, 0.29) is 18.4 Å². The number of hydrogen-bond acceptors (Lipinski definition) is 5. The SMILES string of the molecule is O=C1c2ccccc2C(=O)C1(Nc1ccc2c(c1)OCO2)c1ccccc1. The minimum absolute atomic E-state index is 0.159. The molecule has 1 aliphatic carbocycles. The van der Waals surface area contributed by atoms with Crippen molar-refractivity contribution in [2.24, 2.45) is 0 Å². The Labute approximate surface area is 155 Å². The lowest BCUT2D eigenvalue weighted by molar-refractivity contribution is 0.0818. The molecule has 132 valence electrons. The number of ketones is 2. The number of fused-ring (bicyclic) bond motifs is 2. The topological polar surface area (TPSA) is 64.6 Å². The average molecular weight is 357 g/mol. The van der Waals surface area contributed by atoms with Crippen molar-refractivity contribution in [3.63, 3.8) is 0 Å². The van der Waals surface area contributed by atoms with Gasteiger partial charge in [0, 0.05) is 22.9 Å². The number of carbonyl (C=O) groups excluding carboxylic acids is 2. The molecule has 3 aromatic carbocycles. The van der Waals surface area contributed by atoms with Gasteiger partial charge in [0.05, 0.1) is 0 Å². The Morgan fingerprint density at radius 1 is 0.741 bits per heavy atom. The largest absolute Gasteiger partial charge is 0.454 e. The molecule has 5 rings (SSSR count). The summed E-state index contributed by atoms with van der Waals surface area (Å²) in [5, 5.41) is 3.21. The average Bonchev–Trinajstić information content (AvgIpc) is 3.26. The fourth-order valence-electron chi connectivity index (χ4n) is 3.71. The third kappa shape index (κ3) is 2.18. The molecule has 0 spiro atoms. The van der Waals surface area contributed by atoms with Crippen molar-refractivity contribution in [2.75, 3.05) is 12.1 Å². The zero-order valence-electron chi connectivity index (χ0n) is 14.3. The molecule has 0 radical (unpaired) electrons. The van der Waals surface area contributed by atoms with E-state index in [0.717, 1.165) is 0 Å². The maximum atomic E-state index is 13.4. The Kier molecular flexibility index (Phi) is 3.31. The third-order valence-corrected chi connectivity index (χ3v) is 5.01. The number of nitrogens with one attached hydrogen (secondary N) is 1. The molecule has 2 aliphatic rings.